The van der Waals surface area contributed by atoms with Gasteiger partial charge in [0.15, 0.2) is 0 Å². The topological polar surface area (TPSA) is 80.8 Å². The Balaban J connectivity index is 0.000000158. The summed E-state index contributed by atoms with van der Waals surface area (Å²) in [6.45, 7) is 21.2. The summed E-state index contributed by atoms with van der Waals surface area (Å²) in [5.74, 6) is 2.65. The van der Waals surface area contributed by atoms with Crippen molar-refractivity contribution in [2.75, 3.05) is 75.2 Å². The van der Waals surface area contributed by atoms with Crippen LogP contribution in [0.25, 0.3) is 0 Å². The molecule has 0 aromatic heterocycles. The van der Waals surface area contributed by atoms with Crippen molar-refractivity contribution in [3.05, 3.63) is 190 Å². The Bertz CT molecular complexity index is 2640. The molecule has 4 aliphatic rings. The van der Waals surface area contributed by atoms with Gasteiger partial charge in [0.25, 0.3) is 11.8 Å². The Morgan fingerprint density at radius 1 is 0.479 bits per heavy atom. The Hall–Kier alpha value is -6.01. The third-order valence-corrected chi connectivity index (χ3v) is 13.7. The smallest absolute Gasteiger partial charge is 0.258 e. The molecule has 11 heteroatoms. The third-order valence-electron chi connectivity index (χ3n) is 13.4. The highest BCUT2D eigenvalue weighted by Crippen LogP contribution is 2.31. The molecule has 2 fully saturated rings. The van der Waals surface area contributed by atoms with Crippen molar-refractivity contribution in [3.63, 3.8) is 0 Å². The lowest BCUT2D eigenvalue weighted by Crippen LogP contribution is -2.45. The van der Waals surface area contributed by atoms with Crippen LogP contribution in [0.5, 0.6) is 11.5 Å². The summed E-state index contributed by atoms with van der Waals surface area (Å²) in [5.41, 5.74) is 10.9. The molecule has 0 spiro atoms. The predicted octanol–water partition coefficient (Wildman–Crippen LogP) is 10.5. The van der Waals surface area contributed by atoms with Gasteiger partial charge in [-0.2, -0.15) is 0 Å². The Morgan fingerprint density at radius 2 is 0.873 bits per heavy atom. The molecule has 4 aliphatic heterocycles. The number of anilines is 2. The van der Waals surface area contributed by atoms with Gasteiger partial charge in [-0.15, -0.1) is 11.6 Å². The summed E-state index contributed by atoms with van der Waals surface area (Å²) in [4.78, 5) is 36.8. The molecule has 0 bridgehead atoms. The average molecular weight is 976 g/mol. The van der Waals surface area contributed by atoms with Crippen LogP contribution in [0.4, 0.5) is 11.4 Å². The number of nitrogens with one attached hydrogen (secondary N) is 1. The first-order valence-corrected chi connectivity index (χ1v) is 26.1. The van der Waals surface area contributed by atoms with Gasteiger partial charge in [-0.25, -0.2) is 0 Å². The Labute approximate surface area is 427 Å². The maximum atomic E-state index is 13.1. The highest BCUT2D eigenvalue weighted by Gasteiger charge is 2.27. The lowest BCUT2D eigenvalue weighted by atomic mass is 10.1. The molecule has 2 saturated heterocycles. The van der Waals surface area contributed by atoms with Crippen molar-refractivity contribution >= 4 is 34.8 Å². The summed E-state index contributed by atoms with van der Waals surface area (Å²) >= 11 is 5.76. The van der Waals surface area contributed by atoms with E-state index in [0.29, 0.717) is 11.4 Å². The number of ether oxygens (including phenoxy) is 2. The molecule has 1 N–H and O–H groups in total. The number of rotatable bonds is 13. The molecule has 10 nitrogen and oxygen atoms in total. The third kappa shape index (κ3) is 14.1. The summed E-state index contributed by atoms with van der Waals surface area (Å²) < 4.78 is 11.8. The summed E-state index contributed by atoms with van der Waals surface area (Å²) in [5, 5.41) is 3.37. The lowest BCUT2D eigenvalue weighted by molar-refractivity contribution is 0.0981. The van der Waals surface area contributed by atoms with E-state index in [9.17, 15) is 9.59 Å². The van der Waals surface area contributed by atoms with Crippen LogP contribution in [-0.2, 0) is 38.4 Å². The van der Waals surface area contributed by atoms with Crippen LogP contribution >= 0.6 is 11.6 Å². The van der Waals surface area contributed by atoms with E-state index in [0.717, 1.165) is 132 Å². The fourth-order valence-corrected chi connectivity index (χ4v) is 9.80. The maximum absolute atomic E-state index is 13.1. The molecule has 0 aliphatic carbocycles. The highest BCUT2D eigenvalue weighted by molar-refractivity contribution is 6.17. The van der Waals surface area contributed by atoms with Gasteiger partial charge in [0.1, 0.15) is 11.5 Å². The van der Waals surface area contributed by atoms with Gasteiger partial charge in [-0.1, -0.05) is 97.1 Å². The summed E-state index contributed by atoms with van der Waals surface area (Å²) in [6.07, 6.45) is 2.28. The Kier molecular flexibility index (Phi) is 18.4. The molecular weight excluding hydrogens is 904 g/mol. The first-order chi connectivity index (χ1) is 34.6. The molecule has 2 amide bonds. The van der Waals surface area contributed by atoms with E-state index < -0.39 is 0 Å². The van der Waals surface area contributed by atoms with Crippen LogP contribution in [0.3, 0.4) is 0 Å². The molecule has 6 aromatic rings. The van der Waals surface area contributed by atoms with E-state index in [2.05, 4.69) is 108 Å². The number of nitrogens with zero attached hydrogens (tertiary/aromatic N) is 5. The quantitative estimate of drug-likeness (QED) is 0.115. The molecule has 372 valence electrons. The number of halogens is 1. The number of alkyl halides is 1. The average Bonchev–Trinajstić information content (AvgIpc) is 4.04. The van der Waals surface area contributed by atoms with Gasteiger partial charge in [0.05, 0.1) is 12.2 Å². The van der Waals surface area contributed by atoms with Gasteiger partial charge >= 0.3 is 0 Å². The predicted molar refractivity (Wildman–Crippen MR) is 289 cm³/mol. The van der Waals surface area contributed by atoms with E-state index in [1.165, 1.54) is 27.8 Å². The second kappa shape index (κ2) is 25.4. The van der Waals surface area contributed by atoms with Crippen LogP contribution < -0.4 is 24.6 Å². The van der Waals surface area contributed by atoms with E-state index >= 15 is 0 Å². The lowest BCUT2D eigenvalue weighted by Gasteiger charge is -2.35. The fourth-order valence-electron chi connectivity index (χ4n) is 9.62. The second-order valence-corrected chi connectivity index (χ2v) is 19.6. The van der Waals surface area contributed by atoms with E-state index in [1.54, 1.807) is 0 Å². The molecule has 6 aromatic carbocycles. The van der Waals surface area contributed by atoms with Crippen molar-refractivity contribution in [1.82, 2.24) is 20.0 Å². The molecule has 0 atom stereocenters. The maximum Gasteiger partial charge on any atom is 0.258 e. The highest BCUT2D eigenvalue weighted by atomic mass is 35.5. The number of hydrogen-bond donors (Lipinski definition) is 1. The number of para-hydroxylation sites is 4. The molecule has 0 radical (unpaired) electrons. The van der Waals surface area contributed by atoms with E-state index in [4.69, 9.17) is 21.1 Å². The van der Waals surface area contributed by atoms with Gasteiger partial charge in [-0.3, -0.25) is 24.3 Å². The number of carbonyl (C=O) groups is 2. The minimum atomic E-state index is 0.0612. The zero-order valence-corrected chi connectivity index (χ0v) is 42.8. The van der Waals surface area contributed by atoms with Crippen LogP contribution in [0.1, 0.15) is 81.8 Å². The zero-order valence-electron chi connectivity index (χ0n) is 42.1. The minimum Gasteiger partial charge on any atom is -0.491 e. The summed E-state index contributed by atoms with van der Waals surface area (Å²) in [7, 11) is 0. The van der Waals surface area contributed by atoms with E-state index in [-0.39, 0.29) is 24.0 Å². The SMILES string of the molecule is CC(C)Oc1ccccc1CN1CCN(Cc2ccc(C(=O)N3CCc4ccccc43)cc2)CC1.CC(C)Oc1ccccc1CN1CCNCC1.O=C(c1ccc(CCl)cc1)N1CCc2ccccc21. The largest absolute Gasteiger partial charge is 0.491 e. The van der Waals surface area contributed by atoms with Crippen molar-refractivity contribution in [3.8, 4) is 11.5 Å². The normalized spacial score (nSPS) is 15.9. The monoisotopic (exact) mass is 975 g/mol. The first kappa shape index (κ1) is 51.3. The number of amides is 2. The molecule has 4 heterocycles. The van der Waals surface area contributed by atoms with Crippen LogP contribution in [0, 0.1) is 0 Å². The second-order valence-electron chi connectivity index (χ2n) is 19.3. The standard InChI is InChI=1S/C30H35N3O2.C16H14ClNO.C14H22N2O/c1-23(2)35-29-10-6-4-8-27(29)22-32-19-17-31(18-20-32)21-24-11-13-26(14-12-24)30(34)33-16-15-25-7-3-5-9-28(25)33;17-11-12-5-7-14(8-6-12)16(19)18-10-9-13-3-1-2-4-15(13)18;1-12(2)17-14-6-4-3-5-13(14)11-16-9-7-15-8-10-16/h3-14,23H,15-22H2,1-2H3;1-8H,9-11H2;3-6,12,15H,7-11H2,1-2H3. The zero-order chi connectivity index (χ0) is 49.5. The van der Waals surface area contributed by atoms with Crippen molar-refractivity contribution in [1.29, 1.82) is 0 Å². The first-order valence-electron chi connectivity index (χ1n) is 25.5. The number of fused-ring (bicyclic) bond motifs is 2. The van der Waals surface area contributed by atoms with Gasteiger partial charge in [0.2, 0.25) is 0 Å². The minimum absolute atomic E-state index is 0.0612. The number of piperazine rings is 2. The van der Waals surface area contributed by atoms with E-state index in [1.807, 2.05) is 94.7 Å². The van der Waals surface area contributed by atoms with Gasteiger partial charge in [0, 0.05) is 125 Å². The molecule has 0 unspecified atom stereocenters. The number of carbonyl (C=O) groups excluding carboxylic acids is 2. The van der Waals surface area contributed by atoms with Crippen LogP contribution in [0.15, 0.2) is 146 Å². The van der Waals surface area contributed by atoms with Gasteiger partial charge in [-0.05, 0) is 111 Å². The van der Waals surface area contributed by atoms with Crippen molar-refractivity contribution in [2.24, 2.45) is 0 Å². The molecule has 71 heavy (non-hydrogen) atoms. The summed E-state index contributed by atoms with van der Waals surface area (Å²) in [6, 6.07) is 48.7. The van der Waals surface area contributed by atoms with Crippen LogP contribution in [0.2, 0.25) is 0 Å². The van der Waals surface area contributed by atoms with Crippen molar-refractivity contribution < 1.29 is 19.1 Å². The molecular formula is C60H71ClN6O4. The van der Waals surface area contributed by atoms with Gasteiger partial charge < -0.3 is 24.6 Å². The van der Waals surface area contributed by atoms with Crippen LogP contribution in [-0.4, -0.2) is 104 Å². The number of hydrogen-bond acceptors (Lipinski definition) is 8. The fraction of sp³-hybridized carbons (Fsp3) is 0.367. The van der Waals surface area contributed by atoms with Crippen molar-refractivity contribution in [2.45, 2.75) is 78.3 Å². The molecule has 10 rings (SSSR count). The number of benzene rings is 6. The molecule has 0 saturated carbocycles. The Morgan fingerprint density at radius 3 is 1.32 bits per heavy atom.